The van der Waals surface area contributed by atoms with Gasteiger partial charge in [-0.3, -0.25) is 4.79 Å². The van der Waals surface area contributed by atoms with E-state index in [1.165, 1.54) is 10.6 Å². The number of benzene rings is 1. The van der Waals surface area contributed by atoms with E-state index in [1.54, 1.807) is 0 Å². The Balaban J connectivity index is 1.59. The van der Waals surface area contributed by atoms with Gasteiger partial charge in [-0.15, -0.1) is 0 Å². The lowest BCUT2D eigenvalue weighted by Crippen LogP contribution is -2.43. The molecule has 2 aliphatic rings. The van der Waals surface area contributed by atoms with Crippen LogP contribution in [0.3, 0.4) is 0 Å². The molecule has 1 amide bonds. The van der Waals surface area contributed by atoms with Crippen molar-refractivity contribution in [2.45, 2.75) is 12.8 Å². The van der Waals surface area contributed by atoms with Gasteiger partial charge >= 0.3 is 0 Å². The van der Waals surface area contributed by atoms with Crippen molar-refractivity contribution in [1.82, 2.24) is 4.31 Å². The maximum absolute atomic E-state index is 12.5. The van der Waals surface area contributed by atoms with Gasteiger partial charge < -0.3 is 15.0 Å². The van der Waals surface area contributed by atoms with E-state index in [0.717, 1.165) is 37.7 Å². The predicted molar refractivity (Wildman–Crippen MR) is 97.2 cm³/mol. The van der Waals surface area contributed by atoms with Crippen molar-refractivity contribution in [3.8, 4) is 0 Å². The van der Waals surface area contributed by atoms with Crippen molar-refractivity contribution < 1.29 is 17.9 Å². The lowest BCUT2D eigenvalue weighted by Gasteiger charge is -2.30. The summed E-state index contributed by atoms with van der Waals surface area (Å²) in [4.78, 5) is 14.7. The number of hydrogen-bond acceptors (Lipinski definition) is 5. The van der Waals surface area contributed by atoms with Crippen molar-refractivity contribution in [3.63, 3.8) is 0 Å². The van der Waals surface area contributed by atoms with Crippen LogP contribution in [0, 0.1) is 5.92 Å². The quantitative estimate of drug-likeness (QED) is 0.863. The number of morpholine rings is 1. The second-order valence-electron chi connectivity index (χ2n) is 6.60. The third-order valence-electron chi connectivity index (χ3n) is 4.74. The number of sulfonamides is 1. The zero-order chi connectivity index (χ0) is 17.9. The van der Waals surface area contributed by atoms with Gasteiger partial charge in [0.25, 0.3) is 0 Å². The van der Waals surface area contributed by atoms with E-state index in [4.69, 9.17) is 4.74 Å². The standard InChI is InChI=1S/C17H25N3O4S/c1-25(22,23)20-8-2-3-14(13-20)17(21)18-15-4-6-16(7-5-15)19-9-11-24-12-10-19/h4-7,14H,2-3,8-13H2,1H3,(H,18,21)/t14-/m1/s1. The molecule has 0 aromatic heterocycles. The Hall–Kier alpha value is -1.64. The molecule has 3 rings (SSSR count). The third kappa shape index (κ3) is 4.71. The number of carbonyl (C=O) groups excluding carboxylic acids is 1. The van der Waals surface area contributed by atoms with Crippen LogP contribution in [0.15, 0.2) is 24.3 Å². The summed E-state index contributed by atoms with van der Waals surface area (Å²) < 4.78 is 30.1. The van der Waals surface area contributed by atoms with E-state index in [-0.39, 0.29) is 18.4 Å². The lowest BCUT2D eigenvalue weighted by atomic mass is 9.98. The molecule has 25 heavy (non-hydrogen) atoms. The highest BCUT2D eigenvalue weighted by Crippen LogP contribution is 2.22. The first-order chi connectivity index (χ1) is 11.9. The fourth-order valence-electron chi connectivity index (χ4n) is 3.28. The van der Waals surface area contributed by atoms with Crippen LogP contribution in [0.1, 0.15) is 12.8 Å². The molecule has 8 heteroatoms. The van der Waals surface area contributed by atoms with Gasteiger partial charge in [-0.25, -0.2) is 12.7 Å². The largest absolute Gasteiger partial charge is 0.378 e. The SMILES string of the molecule is CS(=O)(=O)N1CCC[C@@H](C(=O)Nc2ccc(N3CCOCC3)cc2)C1. The number of ether oxygens (including phenoxy) is 1. The van der Waals surface area contributed by atoms with Crippen LogP contribution < -0.4 is 10.2 Å². The maximum atomic E-state index is 12.5. The number of rotatable bonds is 4. The van der Waals surface area contributed by atoms with Crippen molar-refractivity contribution in [3.05, 3.63) is 24.3 Å². The molecule has 1 aromatic rings. The molecule has 7 nitrogen and oxygen atoms in total. The Kier molecular flexibility index (Phi) is 5.61. The van der Waals surface area contributed by atoms with Gasteiger partial charge in [0.15, 0.2) is 0 Å². The summed E-state index contributed by atoms with van der Waals surface area (Å²) in [5, 5.41) is 2.91. The molecule has 1 N–H and O–H groups in total. The highest BCUT2D eigenvalue weighted by atomic mass is 32.2. The second kappa shape index (κ2) is 7.72. The molecule has 0 aliphatic carbocycles. The van der Waals surface area contributed by atoms with Gasteiger partial charge in [-0.2, -0.15) is 0 Å². The minimum absolute atomic E-state index is 0.118. The normalized spacial score (nSPS) is 22.6. The summed E-state index contributed by atoms with van der Waals surface area (Å²) in [6, 6.07) is 7.76. The maximum Gasteiger partial charge on any atom is 0.228 e. The number of nitrogens with one attached hydrogen (secondary N) is 1. The van der Waals surface area contributed by atoms with Crippen LogP contribution in [-0.2, 0) is 19.6 Å². The number of piperidine rings is 1. The van der Waals surface area contributed by atoms with Gasteiger partial charge in [-0.1, -0.05) is 0 Å². The average Bonchev–Trinajstić information content (AvgIpc) is 2.62. The average molecular weight is 367 g/mol. The summed E-state index contributed by atoms with van der Waals surface area (Å²) in [5.74, 6) is -0.421. The number of amides is 1. The minimum Gasteiger partial charge on any atom is -0.378 e. The Labute approximate surface area is 149 Å². The first-order valence-corrected chi connectivity index (χ1v) is 10.5. The third-order valence-corrected chi connectivity index (χ3v) is 6.00. The minimum atomic E-state index is -3.25. The first-order valence-electron chi connectivity index (χ1n) is 8.62. The van der Waals surface area contributed by atoms with Crippen molar-refractivity contribution in [2.75, 3.05) is 55.9 Å². The van der Waals surface area contributed by atoms with Crippen LogP contribution in [0.4, 0.5) is 11.4 Å². The van der Waals surface area contributed by atoms with Crippen LogP contribution in [0.25, 0.3) is 0 Å². The van der Waals surface area contributed by atoms with Crippen LogP contribution in [0.2, 0.25) is 0 Å². The zero-order valence-electron chi connectivity index (χ0n) is 14.5. The summed E-state index contributed by atoms with van der Waals surface area (Å²) >= 11 is 0. The van der Waals surface area contributed by atoms with E-state index in [9.17, 15) is 13.2 Å². The van der Waals surface area contributed by atoms with Crippen LogP contribution in [0.5, 0.6) is 0 Å². The van der Waals surface area contributed by atoms with Crippen LogP contribution >= 0.6 is 0 Å². The molecule has 0 spiro atoms. The Morgan fingerprint density at radius 2 is 1.84 bits per heavy atom. The molecule has 0 saturated carbocycles. The summed E-state index contributed by atoms with van der Waals surface area (Å²) in [7, 11) is -3.25. The topological polar surface area (TPSA) is 79.0 Å². The monoisotopic (exact) mass is 367 g/mol. The van der Waals surface area contributed by atoms with Crippen LogP contribution in [-0.4, -0.2) is 64.3 Å². The second-order valence-corrected chi connectivity index (χ2v) is 8.58. The zero-order valence-corrected chi connectivity index (χ0v) is 15.3. The summed E-state index contributed by atoms with van der Waals surface area (Å²) in [5.41, 5.74) is 1.85. The van der Waals surface area contributed by atoms with E-state index >= 15 is 0 Å². The molecule has 2 heterocycles. The number of carbonyl (C=O) groups is 1. The number of nitrogens with zero attached hydrogens (tertiary/aromatic N) is 2. The molecule has 138 valence electrons. The summed E-state index contributed by atoms with van der Waals surface area (Å²) in [6.45, 7) is 3.96. The lowest BCUT2D eigenvalue weighted by molar-refractivity contribution is -0.120. The molecular formula is C17H25N3O4S. The van der Waals surface area contributed by atoms with E-state index in [2.05, 4.69) is 10.2 Å². The van der Waals surface area contributed by atoms with Gasteiger partial charge in [-0.05, 0) is 37.1 Å². The summed E-state index contributed by atoms with van der Waals surface area (Å²) in [6.07, 6.45) is 2.61. The van der Waals surface area contributed by atoms with E-state index < -0.39 is 10.0 Å². The molecule has 2 aliphatic heterocycles. The fraction of sp³-hybridized carbons (Fsp3) is 0.588. The molecular weight excluding hydrogens is 342 g/mol. The van der Waals surface area contributed by atoms with E-state index in [1.807, 2.05) is 24.3 Å². The molecule has 0 bridgehead atoms. The molecule has 1 aromatic carbocycles. The van der Waals surface area contributed by atoms with E-state index in [0.29, 0.717) is 19.4 Å². The number of anilines is 2. The highest BCUT2D eigenvalue weighted by molar-refractivity contribution is 7.88. The van der Waals surface area contributed by atoms with Gasteiger partial charge in [0.1, 0.15) is 0 Å². The fourth-order valence-corrected chi connectivity index (χ4v) is 4.19. The molecule has 2 saturated heterocycles. The molecule has 0 unspecified atom stereocenters. The smallest absolute Gasteiger partial charge is 0.228 e. The Morgan fingerprint density at radius 1 is 1.16 bits per heavy atom. The predicted octanol–water partition coefficient (Wildman–Crippen LogP) is 1.13. The molecule has 2 fully saturated rings. The van der Waals surface area contributed by atoms with Crippen molar-refractivity contribution in [2.24, 2.45) is 5.92 Å². The Bertz CT molecular complexity index is 699. The van der Waals surface area contributed by atoms with Crippen molar-refractivity contribution >= 4 is 27.3 Å². The molecule has 0 radical (unpaired) electrons. The molecule has 1 atom stereocenters. The Morgan fingerprint density at radius 3 is 2.48 bits per heavy atom. The van der Waals surface area contributed by atoms with Gasteiger partial charge in [0, 0.05) is 37.6 Å². The highest BCUT2D eigenvalue weighted by Gasteiger charge is 2.30. The van der Waals surface area contributed by atoms with Gasteiger partial charge in [0.05, 0.1) is 25.4 Å². The number of hydrogen-bond donors (Lipinski definition) is 1. The van der Waals surface area contributed by atoms with Gasteiger partial charge in [0.2, 0.25) is 15.9 Å². The first kappa shape index (κ1) is 18.2. The van der Waals surface area contributed by atoms with Crippen molar-refractivity contribution in [1.29, 1.82) is 0 Å².